The van der Waals surface area contributed by atoms with Crippen LogP contribution in [-0.4, -0.2) is 19.3 Å². The molecule has 1 aromatic rings. The standard InChI is InChI=1S/C10H10BrClO2/c11-10-2-1-8(12)3-7(10)4-14-9-5-13-6-9/h1-3,9H,4-6H2. The molecule has 14 heavy (non-hydrogen) atoms. The van der Waals surface area contributed by atoms with Crippen LogP contribution in [0.3, 0.4) is 0 Å². The third-order valence-electron chi connectivity index (χ3n) is 2.09. The molecule has 1 heterocycles. The molecule has 1 saturated heterocycles. The molecule has 0 unspecified atom stereocenters. The summed E-state index contributed by atoms with van der Waals surface area (Å²) in [5.41, 5.74) is 1.07. The van der Waals surface area contributed by atoms with E-state index in [0.29, 0.717) is 19.8 Å². The molecular formula is C10H10BrClO2. The van der Waals surface area contributed by atoms with E-state index in [1.54, 1.807) is 0 Å². The van der Waals surface area contributed by atoms with Gasteiger partial charge in [0, 0.05) is 9.50 Å². The summed E-state index contributed by atoms with van der Waals surface area (Å²) in [6, 6.07) is 5.69. The zero-order valence-corrected chi connectivity index (χ0v) is 9.85. The third kappa shape index (κ3) is 2.48. The Morgan fingerprint density at radius 3 is 2.93 bits per heavy atom. The summed E-state index contributed by atoms with van der Waals surface area (Å²) in [5.74, 6) is 0. The highest BCUT2D eigenvalue weighted by Gasteiger charge is 2.18. The fraction of sp³-hybridized carbons (Fsp3) is 0.400. The smallest absolute Gasteiger partial charge is 0.105 e. The van der Waals surface area contributed by atoms with Crippen LogP contribution in [0.25, 0.3) is 0 Å². The van der Waals surface area contributed by atoms with Crippen LogP contribution in [0.2, 0.25) is 5.02 Å². The molecule has 1 aliphatic heterocycles. The van der Waals surface area contributed by atoms with E-state index in [0.717, 1.165) is 15.1 Å². The van der Waals surface area contributed by atoms with Crippen molar-refractivity contribution < 1.29 is 9.47 Å². The van der Waals surface area contributed by atoms with E-state index < -0.39 is 0 Å². The lowest BCUT2D eigenvalue weighted by molar-refractivity contribution is -0.135. The Kier molecular flexibility index (Phi) is 3.44. The molecule has 1 aliphatic rings. The van der Waals surface area contributed by atoms with Crippen molar-refractivity contribution in [3.8, 4) is 0 Å². The van der Waals surface area contributed by atoms with Gasteiger partial charge in [-0.2, -0.15) is 0 Å². The van der Waals surface area contributed by atoms with Gasteiger partial charge >= 0.3 is 0 Å². The summed E-state index contributed by atoms with van der Waals surface area (Å²) in [6.45, 7) is 1.99. The molecule has 76 valence electrons. The number of halogens is 2. The zero-order valence-electron chi connectivity index (χ0n) is 7.50. The van der Waals surface area contributed by atoms with Crippen molar-refractivity contribution in [2.24, 2.45) is 0 Å². The van der Waals surface area contributed by atoms with Crippen molar-refractivity contribution in [3.05, 3.63) is 33.3 Å². The zero-order chi connectivity index (χ0) is 9.97. The number of hydrogen-bond acceptors (Lipinski definition) is 2. The highest BCUT2D eigenvalue weighted by Crippen LogP contribution is 2.22. The van der Waals surface area contributed by atoms with Crippen LogP contribution < -0.4 is 0 Å². The molecule has 0 amide bonds. The van der Waals surface area contributed by atoms with Crippen molar-refractivity contribution in [1.29, 1.82) is 0 Å². The Bertz CT molecular complexity index is 326. The summed E-state index contributed by atoms with van der Waals surface area (Å²) < 4.78 is 11.6. The Labute approximate surface area is 96.3 Å². The molecule has 1 fully saturated rings. The number of rotatable bonds is 3. The predicted molar refractivity (Wildman–Crippen MR) is 58.5 cm³/mol. The van der Waals surface area contributed by atoms with Gasteiger partial charge in [-0.15, -0.1) is 0 Å². The lowest BCUT2D eigenvalue weighted by Gasteiger charge is -2.26. The van der Waals surface area contributed by atoms with Crippen LogP contribution in [0.1, 0.15) is 5.56 Å². The molecule has 0 aliphatic carbocycles. The third-order valence-corrected chi connectivity index (χ3v) is 3.10. The average molecular weight is 278 g/mol. The molecule has 0 radical (unpaired) electrons. The first-order valence-electron chi connectivity index (χ1n) is 4.39. The van der Waals surface area contributed by atoms with Gasteiger partial charge in [0.2, 0.25) is 0 Å². The Morgan fingerprint density at radius 1 is 1.50 bits per heavy atom. The maximum Gasteiger partial charge on any atom is 0.105 e. The molecule has 0 N–H and O–H groups in total. The molecular weight excluding hydrogens is 267 g/mol. The van der Waals surface area contributed by atoms with Gasteiger partial charge < -0.3 is 9.47 Å². The van der Waals surface area contributed by atoms with Gasteiger partial charge in [0.05, 0.1) is 19.8 Å². The van der Waals surface area contributed by atoms with Gasteiger partial charge in [-0.25, -0.2) is 0 Å². The van der Waals surface area contributed by atoms with Gasteiger partial charge in [0.15, 0.2) is 0 Å². The second-order valence-corrected chi connectivity index (χ2v) is 4.50. The lowest BCUT2D eigenvalue weighted by atomic mass is 10.2. The Balaban J connectivity index is 1.96. The van der Waals surface area contributed by atoms with Crippen LogP contribution in [0.4, 0.5) is 0 Å². The monoisotopic (exact) mass is 276 g/mol. The lowest BCUT2D eigenvalue weighted by Crippen LogP contribution is -2.35. The average Bonchev–Trinajstić information content (AvgIpc) is 2.08. The van der Waals surface area contributed by atoms with Crippen LogP contribution in [0.5, 0.6) is 0 Å². The van der Waals surface area contributed by atoms with Gasteiger partial charge in [-0.1, -0.05) is 27.5 Å². The number of benzene rings is 1. The maximum atomic E-state index is 5.88. The highest BCUT2D eigenvalue weighted by molar-refractivity contribution is 9.10. The Hall–Kier alpha value is -0.0900. The van der Waals surface area contributed by atoms with E-state index in [1.807, 2.05) is 18.2 Å². The van der Waals surface area contributed by atoms with Crippen LogP contribution in [0, 0.1) is 0 Å². The van der Waals surface area contributed by atoms with E-state index >= 15 is 0 Å². The van der Waals surface area contributed by atoms with Crippen molar-refractivity contribution in [2.75, 3.05) is 13.2 Å². The minimum absolute atomic E-state index is 0.251. The minimum Gasteiger partial charge on any atom is -0.376 e. The van der Waals surface area contributed by atoms with Crippen molar-refractivity contribution in [1.82, 2.24) is 0 Å². The first kappa shape index (κ1) is 10.4. The second-order valence-electron chi connectivity index (χ2n) is 3.21. The Morgan fingerprint density at radius 2 is 2.29 bits per heavy atom. The highest BCUT2D eigenvalue weighted by atomic mass is 79.9. The molecule has 0 atom stereocenters. The molecule has 2 nitrogen and oxygen atoms in total. The predicted octanol–water partition coefficient (Wildman–Crippen LogP) is 3.02. The summed E-state index contributed by atoms with van der Waals surface area (Å²) in [4.78, 5) is 0. The van der Waals surface area contributed by atoms with E-state index in [2.05, 4.69) is 15.9 Å². The second kappa shape index (κ2) is 4.62. The van der Waals surface area contributed by atoms with E-state index in [9.17, 15) is 0 Å². The molecule has 0 bridgehead atoms. The van der Waals surface area contributed by atoms with Gasteiger partial charge in [-0.3, -0.25) is 0 Å². The summed E-state index contributed by atoms with van der Waals surface area (Å²) >= 11 is 9.33. The van der Waals surface area contributed by atoms with Crippen LogP contribution >= 0.6 is 27.5 Å². The first-order valence-corrected chi connectivity index (χ1v) is 5.56. The SMILES string of the molecule is Clc1ccc(Br)c(COC2COC2)c1. The van der Waals surface area contributed by atoms with E-state index in [4.69, 9.17) is 21.1 Å². The normalized spacial score (nSPS) is 16.7. The van der Waals surface area contributed by atoms with E-state index in [-0.39, 0.29) is 6.10 Å². The first-order chi connectivity index (χ1) is 6.75. The molecule has 0 spiro atoms. The minimum atomic E-state index is 0.251. The fourth-order valence-electron chi connectivity index (χ4n) is 1.17. The maximum absolute atomic E-state index is 5.88. The molecule has 2 rings (SSSR count). The van der Waals surface area contributed by atoms with Gasteiger partial charge in [0.25, 0.3) is 0 Å². The van der Waals surface area contributed by atoms with Crippen molar-refractivity contribution in [2.45, 2.75) is 12.7 Å². The molecule has 1 aromatic carbocycles. The van der Waals surface area contributed by atoms with Crippen molar-refractivity contribution >= 4 is 27.5 Å². The van der Waals surface area contributed by atoms with Gasteiger partial charge in [0.1, 0.15) is 6.10 Å². The quantitative estimate of drug-likeness (QED) is 0.845. The molecule has 0 aromatic heterocycles. The van der Waals surface area contributed by atoms with Crippen molar-refractivity contribution in [3.63, 3.8) is 0 Å². The number of ether oxygens (including phenoxy) is 2. The largest absolute Gasteiger partial charge is 0.376 e. The van der Waals surface area contributed by atoms with Gasteiger partial charge in [-0.05, 0) is 23.8 Å². The summed E-state index contributed by atoms with van der Waals surface area (Å²) in [7, 11) is 0. The molecule has 0 saturated carbocycles. The number of hydrogen-bond donors (Lipinski definition) is 0. The topological polar surface area (TPSA) is 18.5 Å². The fourth-order valence-corrected chi connectivity index (χ4v) is 1.73. The summed E-state index contributed by atoms with van der Waals surface area (Å²) in [5, 5.41) is 0.733. The molecule has 4 heteroatoms. The van der Waals surface area contributed by atoms with Crippen LogP contribution in [0.15, 0.2) is 22.7 Å². The summed E-state index contributed by atoms with van der Waals surface area (Å²) in [6.07, 6.45) is 0.251. The van der Waals surface area contributed by atoms with E-state index in [1.165, 1.54) is 0 Å². The van der Waals surface area contributed by atoms with Crippen LogP contribution in [-0.2, 0) is 16.1 Å².